The summed E-state index contributed by atoms with van der Waals surface area (Å²) in [6, 6.07) is 14.0. The summed E-state index contributed by atoms with van der Waals surface area (Å²) in [5.41, 5.74) is 4.44. The molecular weight excluding hydrogens is 322 g/mol. The smallest absolute Gasteiger partial charge is 0.225 e. The first kappa shape index (κ1) is 15.2. The van der Waals surface area contributed by atoms with Gasteiger partial charge in [-0.05, 0) is 36.2 Å². The summed E-state index contributed by atoms with van der Waals surface area (Å²) in [6.45, 7) is 3.96. The molecule has 1 amide bonds. The average molecular weight is 340 g/mol. The van der Waals surface area contributed by atoms with Crippen molar-refractivity contribution in [2.24, 2.45) is 0 Å². The fourth-order valence-corrected chi connectivity index (χ4v) is 3.52. The highest BCUT2D eigenvalue weighted by Gasteiger charge is 2.22. The molecule has 0 N–H and O–H groups in total. The van der Waals surface area contributed by atoms with Gasteiger partial charge in [0.1, 0.15) is 0 Å². The van der Waals surface area contributed by atoms with Gasteiger partial charge < -0.3 is 4.90 Å². The van der Waals surface area contributed by atoms with Crippen LogP contribution in [0.1, 0.15) is 23.2 Å². The minimum Gasteiger partial charge on any atom is -0.334 e. The molecule has 0 fully saturated rings. The normalized spacial score (nSPS) is 13.5. The maximum Gasteiger partial charge on any atom is 0.225 e. The summed E-state index contributed by atoms with van der Waals surface area (Å²) in [5.74, 6) is 0.162. The maximum absolute atomic E-state index is 12.6. The van der Waals surface area contributed by atoms with Crippen LogP contribution in [-0.4, -0.2) is 20.6 Å². The molecule has 4 rings (SSSR count). The minimum absolute atomic E-state index is 0.162. The van der Waals surface area contributed by atoms with E-state index in [0.29, 0.717) is 31.1 Å². The highest BCUT2D eigenvalue weighted by molar-refractivity contribution is 6.31. The van der Waals surface area contributed by atoms with Gasteiger partial charge in [0.2, 0.25) is 5.91 Å². The number of hydrogen-bond acceptors (Lipinski definition) is 2. The lowest BCUT2D eigenvalue weighted by molar-refractivity contribution is -0.132. The highest BCUT2D eigenvalue weighted by Crippen LogP contribution is 2.24. The molecule has 122 valence electrons. The number of carbonyl (C=O) groups is 1. The van der Waals surface area contributed by atoms with Crippen molar-refractivity contribution in [1.29, 1.82) is 0 Å². The molecule has 0 aliphatic carbocycles. The molecule has 5 heteroatoms. The Morgan fingerprint density at radius 1 is 1.17 bits per heavy atom. The van der Waals surface area contributed by atoms with E-state index in [-0.39, 0.29) is 5.91 Å². The topological polar surface area (TPSA) is 38.1 Å². The molecule has 0 saturated heterocycles. The van der Waals surface area contributed by atoms with Crippen LogP contribution in [0.25, 0.3) is 10.9 Å². The zero-order valence-electron chi connectivity index (χ0n) is 13.5. The van der Waals surface area contributed by atoms with Crippen molar-refractivity contribution >= 4 is 28.4 Å². The predicted molar refractivity (Wildman–Crippen MR) is 94.8 cm³/mol. The van der Waals surface area contributed by atoms with E-state index in [4.69, 9.17) is 11.6 Å². The number of amides is 1. The number of hydrogen-bond donors (Lipinski definition) is 0. The van der Waals surface area contributed by atoms with E-state index in [0.717, 1.165) is 16.6 Å². The van der Waals surface area contributed by atoms with Crippen LogP contribution in [0.5, 0.6) is 0 Å². The van der Waals surface area contributed by atoms with Crippen molar-refractivity contribution in [2.45, 2.75) is 33.0 Å². The molecule has 0 atom stereocenters. The predicted octanol–water partition coefficient (Wildman–Crippen LogP) is 3.93. The second kappa shape index (κ2) is 5.95. The minimum atomic E-state index is 0.162. The second-order valence-corrected chi connectivity index (χ2v) is 6.67. The zero-order chi connectivity index (χ0) is 16.7. The molecule has 4 nitrogen and oxygen atoms in total. The van der Waals surface area contributed by atoms with E-state index < -0.39 is 0 Å². The van der Waals surface area contributed by atoms with Crippen LogP contribution in [0.3, 0.4) is 0 Å². The van der Waals surface area contributed by atoms with Crippen LogP contribution in [0, 0.1) is 6.92 Å². The summed E-state index contributed by atoms with van der Waals surface area (Å²) < 4.78 is 1.89. The SMILES string of the molecule is Cc1nn(CCC(=O)N2Cc3ccccc3C2)c2cc(Cl)ccc12. The summed E-state index contributed by atoms with van der Waals surface area (Å²) in [7, 11) is 0. The van der Waals surface area contributed by atoms with Crippen LogP contribution in [-0.2, 0) is 24.4 Å². The molecule has 1 aliphatic rings. The van der Waals surface area contributed by atoms with E-state index in [2.05, 4.69) is 17.2 Å². The molecule has 0 saturated carbocycles. The van der Waals surface area contributed by atoms with E-state index in [1.54, 1.807) is 0 Å². The van der Waals surface area contributed by atoms with E-state index in [1.165, 1.54) is 11.1 Å². The lowest BCUT2D eigenvalue weighted by atomic mass is 10.1. The zero-order valence-corrected chi connectivity index (χ0v) is 14.3. The van der Waals surface area contributed by atoms with Gasteiger partial charge in [-0.2, -0.15) is 5.10 Å². The van der Waals surface area contributed by atoms with Gasteiger partial charge in [-0.15, -0.1) is 0 Å². The third kappa shape index (κ3) is 2.67. The van der Waals surface area contributed by atoms with Crippen LogP contribution in [0.2, 0.25) is 5.02 Å². The maximum atomic E-state index is 12.6. The Bertz CT molecular complexity index is 907. The quantitative estimate of drug-likeness (QED) is 0.725. The molecule has 2 aromatic carbocycles. The van der Waals surface area contributed by atoms with E-state index in [9.17, 15) is 4.79 Å². The Hall–Kier alpha value is -2.33. The Balaban J connectivity index is 1.48. The lowest BCUT2D eigenvalue weighted by Crippen LogP contribution is -2.26. The van der Waals surface area contributed by atoms with Gasteiger partial charge in [-0.25, -0.2) is 0 Å². The number of rotatable bonds is 3. The molecule has 2 heterocycles. The van der Waals surface area contributed by atoms with Crippen LogP contribution in [0.4, 0.5) is 0 Å². The fourth-order valence-electron chi connectivity index (χ4n) is 3.35. The van der Waals surface area contributed by atoms with Crippen LogP contribution >= 0.6 is 11.6 Å². The molecule has 1 aliphatic heterocycles. The standard InChI is InChI=1S/C19H18ClN3O/c1-13-17-7-6-16(20)10-18(17)23(21-13)9-8-19(24)22-11-14-4-2-3-5-15(14)12-22/h2-7,10H,8-9,11-12H2,1H3. The fraction of sp³-hybridized carbons (Fsp3) is 0.263. The summed E-state index contributed by atoms with van der Waals surface area (Å²) in [5, 5.41) is 6.33. The number of fused-ring (bicyclic) bond motifs is 2. The lowest BCUT2D eigenvalue weighted by Gasteiger charge is -2.15. The summed E-state index contributed by atoms with van der Waals surface area (Å²) >= 11 is 6.10. The van der Waals surface area contributed by atoms with Gasteiger partial charge in [-0.3, -0.25) is 9.48 Å². The highest BCUT2D eigenvalue weighted by atomic mass is 35.5. The largest absolute Gasteiger partial charge is 0.334 e. The number of carbonyl (C=O) groups excluding carboxylic acids is 1. The second-order valence-electron chi connectivity index (χ2n) is 6.24. The molecular formula is C19H18ClN3O. The molecule has 0 bridgehead atoms. The van der Waals surface area contributed by atoms with Crippen LogP contribution in [0.15, 0.2) is 42.5 Å². The van der Waals surface area contributed by atoms with Crippen molar-refractivity contribution in [1.82, 2.24) is 14.7 Å². The molecule has 0 radical (unpaired) electrons. The number of nitrogens with zero attached hydrogens (tertiary/aromatic N) is 3. The number of aromatic nitrogens is 2. The molecule has 0 spiro atoms. The first-order chi connectivity index (χ1) is 11.6. The van der Waals surface area contributed by atoms with Gasteiger partial charge in [-0.1, -0.05) is 35.9 Å². The Kier molecular flexibility index (Phi) is 3.77. The van der Waals surface area contributed by atoms with Crippen molar-refractivity contribution < 1.29 is 4.79 Å². The van der Waals surface area contributed by atoms with Crippen molar-refractivity contribution in [3.8, 4) is 0 Å². The van der Waals surface area contributed by atoms with Gasteiger partial charge in [0.25, 0.3) is 0 Å². The Morgan fingerprint density at radius 2 is 1.88 bits per heavy atom. The van der Waals surface area contributed by atoms with Crippen molar-refractivity contribution in [2.75, 3.05) is 0 Å². The van der Waals surface area contributed by atoms with Gasteiger partial charge in [0.05, 0.1) is 17.8 Å². The summed E-state index contributed by atoms with van der Waals surface area (Å²) in [4.78, 5) is 14.5. The first-order valence-electron chi connectivity index (χ1n) is 8.09. The average Bonchev–Trinajstić information content (AvgIpc) is 3.14. The molecule has 0 unspecified atom stereocenters. The Morgan fingerprint density at radius 3 is 2.58 bits per heavy atom. The third-order valence-corrected chi connectivity index (χ3v) is 4.86. The van der Waals surface area contributed by atoms with Gasteiger partial charge in [0.15, 0.2) is 0 Å². The van der Waals surface area contributed by atoms with Crippen molar-refractivity contribution in [3.05, 3.63) is 64.3 Å². The molecule has 3 aromatic rings. The number of halogens is 1. The first-order valence-corrected chi connectivity index (χ1v) is 8.47. The van der Waals surface area contributed by atoms with Crippen LogP contribution < -0.4 is 0 Å². The molecule has 24 heavy (non-hydrogen) atoms. The Labute approximate surface area is 145 Å². The number of aryl methyl sites for hydroxylation is 2. The van der Waals surface area contributed by atoms with Gasteiger partial charge >= 0.3 is 0 Å². The number of benzene rings is 2. The molecule has 1 aromatic heterocycles. The van der Waals surface area contributed by atoms with Gasteiger partial charge in [0, 0.05) is 29.9 Å². The van der Waals surface area contributed by atoms with E-state index in [1.807, 2.05) is 46.8 Å². The summed E-state index contributed by atoms with van der Waals surface area (Å²) in [6.07, 6.45) is 0.441. The van der Waals surface area contributed by atoms with E-state index >= 15 is 0 Å². The monoisotopic (exact) mass is 339 g/mol. The third-order valence-electron chi connectivity index (χ3n) is 4.63. The van der Waals surface area contributed by atoms with Crippen molar-refractivity contribution in [3.63, 3.8) is 0 Å².